The van der Waals surface area contributed by atoms with Gasteiger partial charge in [0.05, 0.1) is 5.52 Å². The predicted molar refractivity (Wildman–Crippen MR) is 70.3 cm³/mol. The van der Waals surface area contributed by atoms with Gasteiger partial charge >= 0.3 is 0 Å². The van der Waals surface area contributed by atoms with Crippen molar-refractivity contribution in [3.8, 4) is 0 Å². The average Bonchev–Trinajstić information content (AvgIpc) is 2.39. The van der Waals surface area contributed by atoms with Crippen molar-refractivity contribution in [3.05, 3.63) is 36.4 Å². The van der Waals surface area contributed by atoms with E-state index in [0.717, 1.165) is 42.9 Å². The zero-order valence-corrected chi connectivity index (χ0v) is 10.1. The Hall–Kier alpha value is -1.61. The third kappa shape index (κ3) is 2.11. The van der Waals surface area contributed by atoms with Crippen LogP contribution in [0.2, 0.25) is 0 Å². The summed E-state index contributed by atoms with van der Waals surface area (Å²) in [6.07, 6.45) is 0. The molecule has 1 aromatic carbocycles. The maximum Gasteiger partial charge on any atom is 0.129 e. The molecule has 1 aliphatic heterocycles. The highest BCUT2D eigenvalue weighted by molar-refractivity contribution is 5.80. The summed E-state index contributed by atoms with van der Waals surface area (Å²) in [5.74, 6) is 1.09. The number of anilines is 1. The Balaban J connectivity index is 1.90. The summed E-state index contributed by atoms with van der Waals surface area (Å²) < 4.78 is 0. The van der Waals surface area contributed by atoms with Gasteiger partial charge in [0.1, 0.15) is 5.82 Å². The molecule has 3 heteroatoms. The molecular weight excluding hydrogens is 210 g/mol. The molecule has 0 atom stereocenters. The first-order chi connectivity index (χ1) is 8.33. The Morgan fingerprint density at radius 1 is 1.12 bits per heavy atom. The molecule has 1 aliphatic rings. The Morgan fingerprint density at radius 3 is 2.76 bits per heavy atom. The van der Waals surface area contributed by atoms with E-state index >= 15 is 0 Å². The number of hydrogen-bond donors (Lipinski definition) is 0. The van der Waals surface area contributed by atoms with Crippen LogP contribution in [0.1, 0.15) is 0 Å². The quantitative estimate of drug-likeness (QED) is 0.739. The fourth-order valence-corrected chi connectivity index (χ4v) is 2.21. The number of piperazine rings is 1. The minimum absolute atomic E-state index is 1.06. The number of aromatic nitrogens is 1. The van der Waals surface area contributed by atoms with Gasteiger partial charge in [0.15, 0.2) is 0 Å². The largest absolute Gasteiger partial charge is 0.354 e. The molecule has 0 N–H and O–H groups in total. The molecule has 0 spiro atoms. The van der Waals surface area contributed by atoms with Gasteiger partial charge in [-0.1, -0.05) is 6.07 Å². The van der Waals surface area contributed by atoms with Crippen LogP contribution in [0.4, 0.5) is 5.82 Å². The summed E-state index contributed by atoms with van der Waals surface area (Å²) in [4.78, 5) is 9.42. The summed E-state index contributed by atoms with van der Waals surface area (Å²) in [6.45, 7) is 4.35. The van der Waals surface area contributed by atoms with Crippen LogP contribution < -0.4 is 4.90 Å². The normalized spacial score (nSPS) is 17.6. The molecule has 0 bridgehead atoms. The summed E-state index contributed by atoms with van der Waals surface area (Å²) in [5.41, 5.74) is 1.06. The second-order valence-electron chi connectivity index (χ2n) is 4.58. The first-order valence-corrected chi connectivity index (χ1v) is 6.03. The van der Waals surface area contributed by atoms with E-state index in [-0.39, 0.29) is 0 Å². The monoisotopic (exact) mass is 226 g/mol. The zero-order chi connectivity index (χ0) is 11.7. The second-order valence-corrected chi connectivity index (χ2v) is 4.58. The topological polar surface area (TPSA) is 19.4 Å². The maximum absolute atomic E-state index is 4.71. The van der Waals surface area contributed by atoms with Crippen LogP contribution in [0.25, 0.3) is 10.9 Å². The fourth-order valence-electron chi connectivity index (χ4n) is 2.21. The van der Waals surface area contributed by atoms with Crippen molar-refractivity contribution in [2.24, 2.45) is 0 Å². The van der Waals surface area contributed by atoms with Gasteiger partial charge in [0, 0.05) is 31.6 Å². The first kappa shape index (κ1) is 10.5. The smallest absolute Gasteiger partial charge is 0.129 e. The van der Waals surface area contributed by atoms with Gasteiger partial charge in [0.25, 0.3) is 0 Å². The van der Waals surface area contributed by atoms with Gasteiger partial charge in [-0.15, -0.1) is 0 Å². The number of rotatable bonds is 1. The first-order valence-electron chi connectivity index (χ1n) is 6.03. The van der Waals surface area contributed by atoms with Gasteiger partial charge in [-0.2, -0.15) is 0 Å². The van der Waals surface area contributed by atoms with E-state index in [9.17, 15) is 0 Å². The van der Waals surface area contributed by atoms with Crippen molar-refractivity contribution in [3.63, 3.8) is 0 Å². The summed E-state index contributed by atoms with van der Waals surface area (Å²) in [7, 11) is 2.17. The van der Waals surface area contributed by atoms with Crippen molar-refractivity contribution in [1.29, 1.82) is 0 Å². The second kappa shape index (κ2) is 4.34. The van der Waals surface area contributed by atoms with E-state index in [4.69, 9.17) is 4.98 Å². The van der Waals surface area contributed by atoms with Crippen LogP contribution in [0.3, 0.4) is 0 Å². The molecule has 1 aromatic heterocycles. The standard InChI is InChI=1S/C14H16N3/c1-16-8-10-17(11-9-16)14-7-6-12-4-2-3-5-13(12)15-14/h3-7H,8-11H2,1H3. The predicted octanol–water partition coefficient (Wildman–Crippen LogP) is 1.79. The van der Waals surface area contributed by atoms with Crippen molar-refractivity contribution < 1.29 is 0 Å². The van der Waals surface area contributed by atoms with Gasteiger partial charge in [-0.3, -0.25) is 0 Å². The van der Waals surface area contributed by atoms with Crippen LogP contribution in [0.15, 0.2) is 30.3 Å². The number of likely N-dealkylation sites (N-methyl/N-ethyl adjacent to an activating group) is 1. The molecule has 0 unspecified atom stereocenters. The molecule has 0 amide bonds. The van der Waals surface area contributed by atoms with E-state index in [0.29, 0.717) is 0 Å². The highest BCUT2D eigenvalue weighted by Gasteiger charge is 2.15. The Labute approximate surface area is 102 Å². The molecule has 2 aromatic rings. The lowest BCUT2D eigenvalue weighted by Crippen LogP contribution is -2.44. The lowest BCUT2D eigenvalue weighted by Gasteiger charge is -2.33. The average molecular weight is 226 g/mol. The number of nitrogens with zero attached hydrogens (tertiary/aromatic N) is 3. The van der Waals surface area contributed by atoms with Crippen LogP contribution in [-0.2, 0) is 0 Å². The van der Waals surface area contributed by atoms with Crippen LogP contribution in [0.5, 0.6) is 0 Å². The van der Waals surface area contributed by atoms with Crippen molar-refractivity contribution in [2.45, 2.75) is 0 Å². The Kier molecular flexibility index (Phi) is 2.69. The van der Waals surface area contributed by atoms with Gasteiger partial charge < -0.3 is 9.80 Å². The van der Waals surface area contributed by atoms with Crippen LogP contribution in [-0.4, -0.2) is 43.1 Å². The molecule has 2 heterocycles. The summed E-state index contributed by atoms with van der Waals surface area (Å²) >= 11 is 0. The number of pyridine rings is 1. The maximum atomic E-state index is 4.71. The Morgan fingerprint density at radius 2 is 1.94 bits per heavy atom. The van der Waals surface area contributed by atoms with Crippen LogP contribution in [0, 0.1) is 6.07 Å². The van der Waals surface area contributed by atoms with Gasteiger partial charge in [0.2, 0.25) is 0 Å². The molecule has 3 rings (SSSR count). The SMILES string of the molecule is CN1CCN(c2ccc3c[c]ccc3n2)CC1. The lowest BCUT2D eigenvalue weighted by atomic mass is 10.2. The van der Waals surface area contributed by atoms with Gasteiger partial charge in [-0.05, 0) is 37.4 Å². The molecule has 1 saturated heterocycles. The van der Waals surface area contributed by atoms with Crippen molar-refractivity contribution >= 4 is 16.7 Å². The van der Waals surface area contributed by atoms with E-state index in [1.165, 1.54) is 0 Å². The minimum atomic E-state index is 1.06. The minimum Gasteiger partial charge on any atom is -0.354 e. The lowest BCUT2D eigenvalue weighted by molar-refractivity contribution is 0.312. The third-order valence-electron chi connectivity index (χ3n) is 3.35. The molecule has 87 valence electrons. The molecule has 1 radical (unpaired) electrons. The molecular formula is C14H16N3. The molecule has 0 saturated carbocycles. The van der Waals surface area contributed by atoms with E-state index in [1.54, 1.807) is 0 Å². The van der Waals surface area contributed by atoms with E-state index in [1.807, 2.05) is 18.2 Å². The van der Waals surface area contributed by atoms with Crippen LogP contribution >= 0.6 is 0 Å². The molecule has 17 heavy (non-hydrogen) atoms. The van der Waals surface area contributed by atoms with E-state index in [2.05, 4.69) is 35.0 Å². The zero-order valence-electron chi connectivity index (χ0n) is 10.1. The number of benzene rings is 1. The summed E-state index contributed by atoms with van der Waals surface area (Å²) in [6, 6.07) is 13.2. The number of fused-ring (bicyclic) bond motifs is 1. The van der Waals surface area contributed by atoms with E-state index < -0.39 is 0 Å². The van der Waals surface area contributed by atoms with Crippen molar-refractivity contribution in [2.75, 3.05) is 38.1 Å². The molecule has 0 aliphatic carbocycles. The fraction of sp³-hybridized carbons (Fsp3) is 0.357. The molecule has 3 nitrogen and oxygen atoms in total. The highest BCUT2D eigenvalue weighted by atomic mass is 15.3. The number of hydrogen-bond acceptors (Lipinski definition) is 3. The third-order valence-corrected chi connectivity index (χ3v) is 3.35. The Bertz CT molecular complexity index is 516. The summed E-state index contributed by atoms with van der Waals surface area (Å²) in [5, 5.41) is 1.16. The highest BCUT2D eigenvalue weighted by Crippen LogP contribution is 2.18. The van der Waals surface area contributed by atoms with Gasteiger partial charge in [-0.25, -0.2) is 4.98 Å². The molecule has 1 fully saturated rings. The van der Waals surface area contributed by atoms with Crippen molar-refractivity contribution in [1.82, 2.24) is 9.88 Å².